The molecule has 7 heteroatoms. The zero-order valence-corrected chi connectivity index (χ0v) is 13.6. The van der Waals surface area contributed by atoms with E-state index >= 15 is 0 Å². The van der Waals surface area contributed by atoms with Crippen LogP contribution in [0.15, 0.2) is 30.7 Å². The van der Waals surface area contributed by atoms with E-state index in [0.717, 1.165) is 31.5 Å². The summed E-state index contributed by atoms with van der Waals surface area (Å²) in [6, 6.07) is 4.04. The number of pyridine rings is 1. The van der Waals surface area contributed by atoms with Crippen molar-refractivity contribution in [3.8, 4) is 0 Å². The van der Waals surface area contributed by atoms with E-state index in [1.54, 1.807) is 6.20 Å². The second-order valence-electron chi connectivity index (χ2n) is 6.14. The maximum Gasteiger partial charge on any atom is 0.405 e. The third-order valence-electron chi connectivity index (χ3n) is 3.44. The van der Waals surface area contributed by atoms with Crippen molar-refractivity contribution in [2.24, 2.45) is 5.73 Å². The Kier molecular flexibility index (Phi) is 5.67. The molecule has 0 aliphatic carbocycles. The minimum absolute atomic E-state index is 0.530. The minimum atomic E-state index is -0.765. The molecule has 23 heavy (non-hydrogen) atoms. The summed E-state index contributed by atoms with van der Waals surface area (Å²) >= 11 is 0. The molecule has 0 aromatic carbocycles. The topological polar surface area (TPSA) is 95.9 Å². The summed E-state index contributed by atoms with van der Waals surface area (Å²) in [5.74, 6) is 0. The monoisotopic (exact) mass is 317 g/mol. The Morgan fingerprint density at radius 3 is 2.78 bits per heavy atom. The van der Waals surface area contributed by atoms with Gasteiger partial charge in [-0.15, -0.1) is 5.10 Å². The summed E-state index contributed by atoms with van der Waals surface area (Å²) in [6.07, 6.45) is 8.29. The third-order valence-corrected chi connectivity index (χ3v) is 3.44. The van der Waals surface area contributed by atoms with Crippen LogP contribution in [0.3, 0.4) is 0 Å². The Labute approximate surface area is 135 Å². The van der Waals surface area contributed by atoms with Gasteiger partial charge in [-0.1, -0.05) is 11.3 Å². The van der Waals surface area contributed by atoms with Crippen molar-refractivity contribution < 1.29 is 9.53 Å². The van der Waals surface area contributed by atoms with Crippen LogP contribution in [0.5, 0.6) is 0 Å². The lowest BCUT2D eigenvalue weighted by Crippen LogP contribution is -2.33. The number of unbranched alkanes of at least 4 members (excludes halogenated alkanes) is 1. The lowest BCUT2D eigenvalue weighted by atomic mass is 10.0. The number of amides is 1. The lowest BCUT2D eigenvalue weighted by Gasteiger charge is -2.23. The molecule has 2 rings (SSSR count). The molecule has 0 radical (unpaired) electrons. The standard InChI is InChI=1S/C16H23N5O2/c1-16(2,23-15(17)22)11-14-7-6-13(12-18-14)5-3-4-9-21-10-8-19-20-21/h6-8,10,12H,3-5,9,11H2,1-2H3,(H2,17,22). The maximum atomic E-state index is 10.9. The van der Waals surface area contributed by atoms with Crippen LogP contribution in [0.2, 0.25) is 0 Å². The van der Waals surface area contributed by atoms with Crippen LogP contribution in [-0.2, 0) is 24.1 Å². The average Bonchev–Trinajstić information content (AvgIpc) is 2.96. The van der Waals surface area contributed by atoms with E-state index in [1.165, 1.54) is 5.56 Å². The first-order chi connectivity index (χ1) is 10.9. The van der Waals surface area contributed by atoms with Crippen LogP contribution in [0, 0.1) is 0 Å². The predicted molar refractivity (Wildman–Crippen MR) is 85.6 cm³/mol. The predicted octanol–water partition coefficient (Wildman–Crippen LogP) is 2.11. The zero-order valence-electron chi connectivity index (χ0n) is 13.6. The van der Waals surface area contributed by atoms with E-state index in [-0.39, 0.29) is 0 Å². The number of primary amides is 1. The fourth-order valence-corrected chi connectivity index (χ4v) is 2.41. The van der Waals surface area contributed by atoms with Gasteiger partial charge >= 0.3 is 6.09 Å². The average molecular weight is 317 g/mol. The highest BCUT2D eigenvalue weighted by molar-refractivity contribution is 5.65. The van der Waals surface area contributed by atoms with Crippen molar-refractivity contribution in [3.05, 3.63) is 42.0 Å². The van der Waals surface area contributed by atoms with Gasteiger partial charge < -0.3 is 10.5 Å². The molecule has 2 aromatic heterocycles. The van der Waals surface area contributed by atoms with E-state index < -0.39 is 11.7 Å². The molecule has 2 aromatic rings. The van der Waals surface area contributed by atoms with E-state index in [4.69, 9.17) is 10.5 Å². The summed E-state index contributed by atoms with van der Waals surface area (Å²) in [6.45, 7) is 4.51. The molecule has 0 saturated heterocycles. The van der Waals surface area contributed by atoms with Gasteiger partial charge in [-0.3, -0.25) is 9.67 Å². The maximum absolute atomic E-state index is 10.9. The van der Waals surface area contributed by atoms with Gasteiger partial charge in [0, 0.05) is 31.1 Å². The number of aromatic nitrogens is 4. The molecule has 0 aliphatic rings. The summed E-state index contributed by atoms with van der Waals surface area (Å²) in [5, 5.41) is 7.72. The molecule has 0 fully saturated rings. The molecule has 124 valence electrons. The number of carbonyl (C=O) groups is 1. The molecule has 0 saturated carbocycles. The highest BCUT2D eigenvalue weighted by Crippen LogP contribution is 2.16. The van der Waals surface area contributed by atoms with Gasteiger partial charge in [0.25, 0.3) is 0 Å². The molecule has 0 spiro atoms. The zero-order chi connectivity index (χ0) is 16.7. The first-order valence-electron chi connectivity index (χ1n) is 7.71. The van der Waals surface area contributed by atoms with Crippen LogP contribution in [0.25, 0.3) is 0 Å². The molecular formula is C16H23N5O2. The number of aryl methyl sites for hydroxylation is 2. The van der Waals surface area contributed by atoms with Crippen LogP contribution in [0.1, 0.15) is 37.9 Å². The SMILES string of the molecule is CC(C)(Cc1ccc(CCCCn2ccnn2)cn1)OC(N)=O. The van der Waals surface area contributed by atoms with Crippen LogP contribution in [0.4, 0.5) is 4.79 Å². The smallest absolute Gasteiger partial charge is 0.405 e. The number of ether oxygens (including phenoxy) is 1. The second-order valence-corrected chi connectivity index (χ2v) is 6.14. The fraction of sp³-hybridized carbons (Fsp3) is 0.500. The van der Waals surface area contributed by atoms with Gasteiger partial charge in [0.2, 0.25) is 0 Å². The van der Waals surface area contributed by atoms with Crippen molar-refractivity contribution in [2.45, 2.75) is 51.7 Å². The van der Waals surface area contributed by atoms with Crippen molar-refractivity contribution in [3.63, 3.8) is 0 Å². The molecule has 1 amide bonds. The Balaban J connectivity index is 1.76. The summed E-state index contributed by atoms with van der Waals surface area (Å²) in [4.78, 5) is 15.3. The van der Waals surface area contributed by atoms with Crippen LogP contribution >= 0.6 is 0 Å². The van der Waals surface area contributed by atoms with E-state index in [0.29, 0.717) is 6.42 Å². The number of hydrogen-bond acceptors (Lipinski definition) is 5. The van der Waals surface area contributed by atoms with Gasteiger partial charge in [0.1, 0.15) is 5.60 Å². The number of nitrogens with two attached hydrogens (primary N) is 1. The number of rotatable bonds is 8. The van der Waals surface area contributed by atoms with E-state index in [2.05, 4.69) is 21.4 Å². The quantitative estimate of drug-likeness (QED) is 0.752. The van der Waals surface area contributed by atoms with Crippen LogP contribution < -0.4 is 5.73 Å². The highest BCUT2D eigenvalue weighted by Gasteiger charge is 2.22. The van der Waals surface area contributed by atoms with Crippen molar-refractivity contribution >= 4 is 6.09 Å². The number of carbonyl (C=O) groups excluding carboxylic acids is 1. The first kappa shape index (κ1) is 16.9. The van der Waals surface area contributed by atoms with E-state index in [1.807, 2.05) is 37.0 Å². The lowest BCUT2D eigenvalue weighted by molar-refractivity contribution is 0.0453. The minimum Gasteiger partial charge on any atom is -0.443 e. The summed E-state index contributed by atoms with van der Waals surface area (Å²) in [7, 11) is 0. The summed E-state index contributed by atoms with van der Waals surface area (Å²) < 4.78 is 6.91. The van der Waals surface area contributed by atoms with Crippen molar-refractivity contribution in [1.82, 2.24) is 20.0 Å². The number of nitrogens with zero attached hydrogens (tertiary/aromatic N) is 4. The van der Waals surface area contributed by atoms with E-state index in [9.17, 15) is 4.79 Å². The van der Waals surface area contributed by atoms with Crippen molar-refractivity contribution in [1.29, 1.82) is 0 Å². The molecule has 0 aliphatic heterocycles. The summed E-state index contributed by atoms with van der Waals surface area (Å²) in [5.41, 5.74) is 6.49. The Bertz CT molecular complexity index is 608. The van der Waals surface area contributed by atoms with Gasteiger partial charge in [0.05, 0.1) is 6.20 Å². The Morgan fingerprint density at radius 1 is 1.35 bits per heavy atom. The van der Waals surface area contributed by atoms with Gasteiger partial charge in [0.15, 0.2) is 0 Å². The normalized spacial score (nSPS) is 11.4. The highest BCUT2D eigenvalue weighted by atomic mass is 16.6. The number of hydrogen-bond donors (Lipinski definition) is 1. The molecule has 0 bridgehead atoms. The Hall–Kier alpha value is -2.44. The second kappa shape index (κ2) is 7.71. The van der Waals surface area contributed by atoms with Crippen molar-refractivity contribution in [2.75, 3.05) is 0 Å². The van der Waals surface area contributed by atoms with Gasteiger partial charge in [-0.25, -0.2) is 4.79 Å². The first-order valence-corrected chi connectivity index (χ1v) is 7.71. The molecule has 0 atom stereocenters. The van der Waals surface area contributed by atoms with Gasteiger partial charge in [-0.05, 0) is 44.7 Å². The Morgan fingerprint density at radius 2 is 2.17 bits per heavy atom. The molecule has 2 N–H and O–H groups in total. The van der Waals surface area contributed by atoms with Gasteiger partial charge in [-0.2, -0.15) is 0 Å². The molecular weight excluding hydrogens is 294 g/mol. The molecule has 7 nitrogen and oxygen atoms in total. The third kappa shape index (κ3) is 6.06. The largest absolute Gasteiger partial charge is 0.443 e. The molecule has 0 unspecified atom stereocenters. The van der Waals surface area contributed by atoms with Crippen LogP contribution in [-0.4, -0.2) is 31.7 Å². The fourth-order valence-electron chi connectivity index (χ4n) is 2.41. The molecule has 2 heterocycles.